The first-order chi connectivity index (χ1) is 11.9. The van der Waals surface area contributed by atoms with Crippen LogP contribution in [0.5, 0.6) is 0 Å². The van der Waals surface area contributed by atoms with Crippen LogP contribution in [-0.2, 0) is 16.6 Å². The Balaban J connectivity index is 1.78. The number of hydrogen-bond donors (Lipinski definition) is 1. The van der Waals surface area contributed by atoms with E-state index in [0.717, 1.165) is 37.1 Å². The highest BCUT2D eigenvalue weighted by Crippen LogP contribution is 2.20. The number of likely N-dealkylation sites (tertiary alicyclic amines) is 1. The van der Waals surface area contributed by atoms with Gasteiger partial charge in [0.05, 0.1) is 0 Å². The van der Waals surface area contributed by atoms with Gasteiger partial charge in [-0.05, 0) is 37.0 Å². The minimum Gasteiger partial charge on any atom is -0.356 e. The van der Waals surface area contributed by atoms with E-state index in [-0.39, 0.29) is 17.3 Å². The van der Waals surface area contributed by atoms with E-state index in [4.69, 9.17) is 0 Å². The fourth-order valence-corrected chi connectivity index (χ4v) is 4.17. The first kappa shape index (κ1) is 17.7. The summed E-state index contributed by atoms with van der Waals surface area (Å²) in [7, 11) is -2.11. The van der Waals surface area contributed by atoms with Crippen molar-refractivity contribution < 1.29 is 13.2 Å². The number of aromatic nitrogens is 1. The summed E-state index contributed by atoms with van der Waals surface area (Å²) in [5.41, 5.74) is 2.32. The molecule has 0 spiro atoms. The minimum atomic E-state index is -3.66. The van der Waals surface area contributed by atoms with Crippen LogP contribution in [0, 0.1) is 6.92 Å². The van der Waals surface area contributed by atoms with Crippen LogP contribution in [0.15, 0.2) is 41.4 Å². The number of benzene rings is 1. The predicted molar refractivity (Wildman–Crippen MR) is 95.8 cm³/mol. The number of nitrogens with zero attached hydrogens (tertiary/aromatic N) is 2. The van der Waals surface area contributed by atoms with Crippen LogP contribution in [0.3, 0.4) is 0 Å². The summed E-state index contributed by atoms with van der Waals surface area (Å²) in [5, 5.41) is 0. The molecule has 7 heteroatoms. The van der Waals surface area contributed by atoms with Gasteiger partial charge in [-0.2, -0.15) is 4.31 Å². The fraction of sp³-hybridized carbons (Fsp3) is 0.389. The first-order valence-electron chi connectivity index (χ1n) is 8.38. The SMILES string of the molecule is Cc1ccccc1CN(C)S(=O)(=O)c1c[nH]c(C(=O)N2CCCC2)c1. The van der Waals surface area contributed by atoms with Crippen LogP contribution in [-0.4, -0.2) is 48.7 Å². The van der Waals surface area contributed by atoms with Crippen molar-refractivity contribution in [3.05, 3.63) is 53.3 Å². The van der Waals surface area contributed by atoms with Crippen LogP contribution in [0.2, 0.25) is 0 Å². The Kier molecular flexibility index (Phi) is 4.96. The molecule has 1 N–H and O–H groups in total. The molecule has 25 heavy (non-hydrogen) atoms. The minimum absolute atomic E-state index is 0.117. The molecule has 3 rings (SSSR count). The summed E-state index contributed by atoms with van der Waals surface area (Å²) in [6.45, 7) is 3.70. The van der Waals surface area contributed by atoms with Gasteiger partial charge in [-0.15, -0.1) is 0 Å². The van der Waals surface area contributed by atoms with Crippen molar-refractivity contribution in [3.8, 4) is 0 Å². The smallest absolute Gasteiger partial charge is 0.270 e. The number of sulfonamides is 1. The molecule has 0 aliphatic carbocycles. The topological polar surface area (TPSA) is 73.5 Å². The van der Waals surface area contributed by atoms with E-state index in [1.807, 2.05) is 31.2 Å². The maximum Gasteiger partial charge on any atom is 0.270 e. The van der Waals surface area contributed by atoms with Gasteiger partial charge in [0.2, 0.25) is 10.0 Å². The average Bonchev–Trinajstić information content (AvgIpc) is 3.28. The number of carbonyl (C=O) groups is 1. The Morgan fingerprint density at radius 1 is 1.24 bits per heavy atom. The molecule has 1 aliphatic heterocycles. The molecule has 134 valence electrons. The van der Waals surface area contributed by atoms with Crippen molar-refractivity contribution >= 4 is 15.9 Å². The van der Waals surface area contributed by atoms with E-state index in [2.05, 4.69) is 4.98 Å². The van der Waals surface area contributed by atoms with Crippen LogP contribution in [0.4, 0.5) is 0 Å². The number of nitrogens with one attached hydrogen (secondary N) is 1. The lowest BCUT2D eigenvalue weighted by atomic mass is 10.1. The Bertz CT molecular complexity index is 867. The quantitative estimate of drug-likeness (QED) is 0.889. The summed E-state index contributed by atoms with van der Waals surface area (Å²) in [6.07, 6.45) is 3.39. The molecular formula is C18H23N3O3S. The largest absolute Gasteiger partial charge is 0.356 e. The van der Waals surface area contributed by atoms with Crippen molar-refractivity contribution in [2.75, 3.05) is 20.1 Å². The molecule has 1 aromatic heterocycles. The molecule has 6 nitrogen and oxygen atoms in total. The van der Waals surface area contributed by atoms with Crippen molar-refractivity contribution in [3.63, 3.8) is 0 Å². The number of carbonyl (C=O) groups excluding carboxylic acids is 1. The zero-order chi connectivity index (χ0) is 18.0. The highest BCUT2D eigenvalue weighted by Gasteiger charge is 2.26. The van der Waals surface area contributed by atoms with E-state index < -0.39 is 10.0 Å². The third-order valence-electron chi connectivity index (χ3n) is 4.64. The van der Waals surface area contributed by atoms with E-state index >= 15 is 0 Å². The third-order valence-corrected chi connectivity index (χ3v) is 6.42. The van der Waals surface area contributed by atoms with Crippen LogP contribution < -0.4 is 0 Å². The second kappa shape index (κ2) is 7.01. The molecule has 2 aromatic rings. The van der Waals surface area contributed by atoms with Gasteiger partial charge in [0.25, 0.3) is 5.91 Å². The molecular weight excluding hydrogens is 338 g/mol. The zero-order valence-corrected chi connectivity index (χ0v) is 15.3. The van der Waals surface area contributed by atoms with Gasteiger partial charge in [-0.1, -0.05) is 24.3 Å². The molecule has 0 saturated carbocycles. The van der Waals surface area contributed by atoms with Gasteiger partial charge in [0.15, 0.2) is 0 Å². The molecule has 1 fully saturated rings. The van der Waals surface area contributed by atoms with Gasteiger partial charge in [0, 0.05) is 32.9 Å². The molecule has 0 atom stereocenters. The molecule has 0 unspecified atom stereocenters. The molecule has 2 heterocycles. The third kappa shape index (κ3) is 3.62. The lowest BCUT2D eigenvalue weighted by Gasteiger charge is -2.17. The van der Waals surface area contributed by atoms with Gasteiger partial charge >= 0.3 is 0 Å². The highest BCUT2D eigenvalue weighted by atomic mass is 32.2. The maximum absolute atomic E-state index is 12.8. The number of rotatable bonds is 5. The number of hydrogen-bond acceptors (Lipinski definition) is 3. The Morgan fingerprint density at radius 3 is 2.60 bits per heavy atom. The summed E-state index contributed by atoms with van der Waals surface area (Å²) in [6, 6.07) is 9.13. The van der Waals surface area contributed by atoms with Crippen molar-refractivity contribution in [1.82, 2.24) is 14.2 Å². The molecule has 1 aromatic carbocycles. The van der Waals surface area contributed by atoms with Gasteiger partial charge in [-0.25, -0.2) is 8.42 Å². The average molecular weight is 361 g/mol. The Labute approximate surface area is 148 Å². The predicted octanol–water partition coefficient (Wildman–Crippen LogP) is 2.38. The van der Waals surface area contributed by atoms with E-state index in [1.165, 1.54) is 16.6 Å². The molecule has 1 saturated heterocycles. The first-order valence-corrected chi connectivity index (χ1v) is 9.82. The summed E-state index contributed by atoms with van der Waals surface area (Å²) >= 11 is 0. The molecule has 1 amide bonds. The number of aromatic amines is 1. The summed E-state index contributed by atoms with van der Waals surface area (Å²) < 4.78 is 26.9. The maximum atomic E-state index is 12.8. The monoisotopic (exact) mass is 361 g/mol. The van der Waals surface area contributed by atoms with Crippen molar-refractivity contribution in [2.45, 2.75) is 31.2 Å². The van der Waals surface area contributed by atoms with E-state index in [1.54, 1.807) is 11.9 Å². The van der Waals surface area contributed by atoms with Gasteiger partial charge in [-0.3, -0.25) is 4.79 Å². The van der Waals surface area contributed by atoms with Crippen molar-refractivity contribution in [1.29, 1.82) is 0 Å². The zero-order valence-electron chi connectivity index (χ0n) is 14.5. The highest BCUT2D eigenvalue weighted by molar-refractivity contribution is 7.89. The van der Waals surface area contributed by atoms with E-state index in [9.17, 15) is 13.2 Å². The summed E-state index contributed by atoms with van der Waals surface area (Å²) in [4.78, 5) is 17.1. The lowest BCUT2D eigenvalue weighted by Crippen LogP contribution is -2.28. The summed E-state index contributed by atoms with van der Waals surface area (Å²) in [5.74, 6) is -0.138. The number of aryl methyl sites for hydroxylation is 1. The van der Waals surface area contributed by atoms with Crippen molar-refractivity contribution in [2.24, 2.45) is 0 Å². The van der Waals surface area contributed by atoms with Gasteiger partial charge < -0.3 is 9.88 Å². The lowest BCUT2D eigenvalue weighted by molar-refractivity contribution is 0.0787. The van der Waals surface area contributed by atoms with Gasteiger partial charge in [0.1, 0.15) is 10.6 Å². The number of amides is 1. The standard InChI is InChI=1S/C18H23N3O3S/c1-14-7-3-4-8-15(14)13-20(2)25(23,24)16-11-17(19-12-16)18(22)21-9-5-6-10-21/h3-4,7-8,11-12,19H,5-6,9-10,13H2,1-2H3. The second-order valence-electron chi connectivity index (χ2n) is 6.44. The molecule has 1 aliphatic rings. The van der Waals surface area contributed by atoms with Crippen LogP contribution in [0.25, 0.3) is 0 Å². The fourth-order valence-electron chi connectivity index (χ4n) is 3.03. The van der Waals surface area contributed by atoms with Crippen LogP contribution in [0.1, 0.15) is 34.5 Å². The molecule has 0 radical (unpaired) electrons. The number of H-pyrrole nitrogens is 1. The van der Waals surface area contributed by atoms with E-state index in [0.29, 0.717) is 5.69 Å². The van der Waals surface area contributed by atoms with Crippen LogP contribution >= 0.6 is 0 Å². The Morgan fingerprint density at radius 2 is 1.92 bits per heavy atom. The normalized spacial score (nSPS) is 15.1. The molecule has 0 bridgehead atoms. The second-order valence-corrected chi connectivity index (χ2v) is 8.48. The Hall–Kier alpha value is -2.12.